The molecular weight excluding hydrogens is 256 g/mol. The monoisotopic (exact) mass is 276 g/mol. The van der Waals surface area contributed by atoms with Crippen LogP contribution in [0.2, 0.25) is 0 Å². The van der Waals surface area contributed by atoms with Crippen LogP contribution in [0.5, 0.6) is 0 Å². The molecule has 7 nitrogen and oxygen atoms in total. The van der Waals surface area contributed by atoms with Crippen LogP contribution in [0.1, 0.15) is 27.7 Å². The van der Waals surface area contributed by atoms with Crippen molar-refractivity contribution in [3.05, 3.63) is 0 Å². The molecule has 0 aliphatic heterocycles. The van der Waals surface area contributed by atoms with E-state index in [9.17, 15) is 14.4 Å². The van der Waals surface area contributed by atoms with Crippen LogP contribution < -0.4 is 0 Å². The Morgan fingerprint density at radius 1 is 0.947 bits per heavy atom. The summed E-state index contributed by atoms with van der Waals surface area (Å²) < 4.78 is 20.0. The van der Waals surface area contributed by atoms with Gasteiger partial charge in [-0.1, -0.05) is 0 Å². The van der Waals surface area contributed by atoms with Crippen molar-refractivity contribution in [2.24, 2.45) is 0 Å². The van der Waals surface area contributed by atoms with Gasteiger partial charge in [-0.15, -0.1) is 0 Å². The molecule has 0 fully saturated rings. The van der Waals surface area contributed by atoms with Crippen molar-refractivity contribution in [1.29, 1.82) is 0 Å². The highest BCUT2D eigenvalue weighted by Crippen LogP contribution is 2.13. The van der Waals surface area contributed by atoms with E-state index in [1.54, 1.807) is 6.92 Å². The quantitative estimate of drug-likeness (QED) is 0.492. The van der Waals surface area contributed by atoms with Crippen LogP contribution in [0.25, 0.3) is 0 Å². The maximum atomic E-state index is 11.1. The molecule has 0 aliphatic carbocycles. The Balaban J connectivity index is 4.80. The highest BCUT2D eigenvalue weighted by atomic mass is 16.6. The molecule has 0 bridgehead atoms. The lowest BCUT2D eigenvalue weighted by atomic mass is 10.1. The second-order valence-corrected chi connectivity index (χ2v) is 3.97. The summed E-state index contributed by atoms with van der Waals surface area (Å²) in [7, 11) is 1.38. The van der Waals surface area contributed by atoms with E-state index in [4.69, 9.17) is 18.9 Å². The highest BCUT2D eigenvalue weighted by molar-refractivity contribution is 5.67. The zero-order chi connectivity index (χ0) is 15.0. The zero-order valence-corrected chi connectivity index (χ0v) is 11.8. The predicted octanol–water partition coefficient (Wildman–Crippen LogP) is 0.448. The van der Waals surface area contributed by atoms with Crippen molar-refractivity contribution < 1.29 is 33.3 Å². The number of ether oxygens (including phenoxy) is 4. The average molecular weight is 276 g/mol. The molecule has 110 valence electrons. The van der Waals surface area contributed by atoms with Crippen molar-refractivity contribution >= 4 is 17.9 Å². The number of esters is 3. The second kappa shape index (κ2) is 8.47. The molecule has 0 amide bonds. The molecule has 0 rings (SSSR count). The summed E-state index contributed by atoms with van der Waals surface area (Å²) in [4.78, 5) is 32.8. The fourth-order valence-corrected chi connectivity index (χ4v) is 1.49. The van der Waals surface area contributed by atoms with Crippen molar-refractivity contribution in [2.75, 3.05) is 13.7 Å². The maximum absolute atomic E-state index is 11.1. The van der Waals surface area contributed by atoms with Crippen molar-refractivity contribution in [1.82, 2.24) is 0 Å². The van der Waals surface area contributed by atoms with Crippen LogP contribution in [0, 0.1) is 0 Å². The first-order valence-corrected chi connectivity index (χ1v) is 5.78. The van der Waals surface area contributed by atoms with Gasteiger partial charge in [-0.05, 0) is 6.92 Å². The van der Waals surface area contributed by atoms with Gasteiger partial charge in [-0.3, -0.25) is 14.4 Å². The van der Waals surface area contributed by atoms with Gasteiger partial charge in [0.25, 0.3) is 0 Å². The molecule has 3 unspecified atom stereocenters. The molecule has 0 saturated carbocycles. The second-order valence-electron chi connectivity index (χ2n) is 3.97. The van der Waals surface area contributed by atoms with E-state index >= 15 is 0 Å². The summed E-state index contributed by atoms with van der Waals surface area (Å²) >= 11 is 0. The normalized spacial score (nSPS) is 15.0. The lowest BCUT2D eigenvalue weighted by molar-refractivity contribution is -0.180. The summed E-state index contributed by atoms with van der Waals surface area (Å²) in [6, 6.07) is 0. The number of carbonyl (C=O) groups is 3. The highest BCUT2D eigenvalue weighted by Gasteiger charge is 2.32. The molecule has 0 saturated heterocycles. The van der Waals surface area contributed by atoms with Gasteiger partial charge in [-0.25, -0.2) is 0 Å². The largest absolute Gasteiger partial charge is 0.463 e. The number of hydrogen-bond acceptors (Lipinski definition) is 7. The third-order valence-corrected chi connectivity index (χ3v) is 2.24. The molecule has 0 aromatic rings. The van der Waals surface area contributed by atoms with Gasteiger partial charge in [0.05, 0.1) is 0 Å². The van der Waals surface area contributed by atoms with Crippen LogP contribution in [-0.4, -0.2) is 49.9 Å². The van der Waals surface area contributed by atoms with Crippen LogP contribution in [0.3, 0.4) is 0 Å². The van der Waals surface area contributed by atoms with Gasteiger partial charge in [0, 0.05) is 27.9 Å². The first kappa shape index (κ1) is 17.4. The van der Waals surface area contributed by atoms with Gasteiger partial charge in [0.2, 0.25) is 0 Å². The Bertz CT molecular complexity index is 326. The fraction of sp³-hybridized carbons (Fsp3) is 0.750. The van der Waals surface area contributed by atoms with Crippen LogP contribution in [0.4, 0.5) is 0 Å². The van der Waals surface area contributed by atoms with Gasteiger partial charge in [0.15, 0.2) is 6.10 Å². The van der Waals surface area contributed by atoms with Crippen LogP contribution >= 0.6 is 0 Å². The van der Waals surface area contributed by atoms with Crippen LogP contribution in [0.15, 0.2) is 0 Å². The molecule has 3 atom stereocenters. The van der Waals surface area contributed by atoms with Gasteiger partial charge in [-0.2, -0.15) is 0 Å². The van der Waals surface area contributed by atoms with E-state index in [0.29, 0.717) is 0 Å². The number of rotatable bonds is 7. The molecule has 0 radical (unpaired) electrons. The van der Waals surface area contributed by atoms with E-state index < -0.39 is 36.2 Å². The van der Waals surface area contributed by atoms with Crippen LogP contribution in [-0.2, 0) is 33.3 Å². The number of methoxy groups -OCH3 is 1. The third-order valence-electron chi connectivity index (χ3n) is 2.24. The number of carbonyl (C=O) groups excluding carboxylic acids is 3. The topological polar surface area (TPSA) is 88.1 Å². The van der Waals surface area contributed by atoms with Gasteiger partial charge < -0.3 is 18.9 Å². The Labute approximate surface area is 112 Å². The Hall–Kier alpha value is -1.63. The lowest BCUT2D eigenvalue weighted by Gasteiger charge is -2.29. The SMILES string of the molecule is COC(COC(C)=O)C(OC(C)=O)C(C)OC(C)=O. The molecular formula is C12H20O7. The fourth-order valence-electron chi connectivity index (χ4n) is 1.49. The summed E-state index contributed by atoms with van der Waals surface area (Å²) in [5, 5.41) is 0. The number of hydrogen-bond donors (Lipinski definition) is 0. The molecule has 0 heterocycles. The predicted molar refractivity (Wildman–Crippen MR) is 64.2 cm³/mol. The van der Waals surface area contributed by atoms with Gasteiger partial charge >= 0.3 is 17.9 Å². The summed E-state index contributed by atoms with van der Waals surface area (Å²) in [5.74, 6) is -1.54. The molecule has 0 aromatic heterocycles. The Kier molecular flexibility index (Phi) is 7.74. The molecule has 0 aromatic carbocycles. The maximum Gasteiger partial charge on any atom is 0.303 e. The third kappa shape index (κ3) is 7.40. The molecule has 0 N–H and O–H groups in total. The van der Waals surface area contributed by atoms with Crippen molar-refractivity contribution in [2.45, 2.75) is 46.0 Å². The Morgan fingerprint density at radius 3 is 1.84 bits per heavy atom. The summed E-state index contributed by atoms with van der Waals surface area (Å²) in [6.45, 7) is 5.19. The summed E-state index contributed by atoms with van der Waals surface area (Å²) in [6.07, 6.45) is -2.30. The van der Waals surface area contributed by atoms with E-state index in [-0.39, 0.29) is 6.61 Å². The average Bonchev–Trinajstić information content (AvgIpc) is 2.26. The Morgan fingerprint density at radius 2 is 1.47 bits per heavy atom. The first-order chi connectivity index (χ1) is 8.77. The minimum absolute atomic E-state index is 0.102. The van der Waals surface area contributed by atoms with Gasteiger partial charge in [0.1, 0.15) is 18.8 Å². The molecule has 19 heavy (non-hydrogen) atoms. The first-order valence-electron chi connectivity index (χ1n) is 5.78. The molecule has 0 aliphatic rings. The summed E-state index contributed by atoms with van der Waals surface area (Å²) in [5.41, 5.74) is 0. The van der Waals surface area contributed by atoms with E-state index in [1.807, 2.05) is 0 Å². The van der Waals surface area contributed by atoms with E-state index in [1.165, 1.54) is 27.9 Å². The van der Waals surface area contributed by atoms with E-state index in [0.717, 1.165) is 0 Å². The lowest BCUT2D eigenvalue weighted by Crippen LogP contribution is -2.45. The minimum atomic E-state index is -0.856. The van der Waals surface area contributed by atoms with E-state index in [2.05, 4.69) is 0 Å². The smallest absolute Gasteiger partial charge is 0.303 e. The standard InChI is InChI=1S/C12H20O7/c1-7(18-9(3)14)12(19-10(4)15)11(16-5)6-17-8(2)13/h7,11-12H,6H2,1-5H3. The molecule has 0 spiro atoms. The van der Waals surface area contributed by atoms with Crippen molar-refractivity contribution in [3.8, 4) is 0 Å². The molecule has 7 heteroatoms. The minimum Gasteiger partial charge on any atom is -0.463 e. The zero-order valence-electron chi connectivity index (χ0n) is 11.8. The van der Waals surface area contributed by atoms with Crippen molar-refractivity contribution in [3.63, 3.8) is 0 Å².